The van der Waals surface area contributed by atoms with Gasteiger partial charge in [-0.3, -0.25) is 9.69 Å². The Morgan fingerprint density at radius 3 is 2.71 bits per heavy atom. The zero-order valence-electron chi connectivity index (χ0n) is 13.7. The SMILES string of the molecule is O=C(NCC(c1ccc(Cl)cc1)N1CCOCC1)C1CNCCO1. The highest BCUT2D eigenvalue weighted by Gasteiger charge is 2.26. The van der Waals surface area contributed by atoms with Crippen LogP contribution in [0.15, 0.2) is 24.3 Å². The number of ether oxygens (including phenoxy) is 2. The first-order valence-electron chi connectivity index (χ1n) is 8.41. The second kappa shape index (κ2) is 8.78. The lowest BCUT2D eigenvalue weighted by atomic mass is 10.0. The van der Waals surface area contributed by atoms with Crippen molar-refractivity contribution in [3.8, 4) is 0 Å². The Labute approximate surface area is 147 Å². The number of morpholine rings is 2. The average molecular weight is 354 g/mol. The zero-order chi connectivity index (χ0) is 16.8. The fraction of sp³-hybridized carbons (Fsp3) is 0.588. The van der Waals surface area contributed by atoms with E-state index in [1.54, 1.807) is 0 Å². The number of carbonyl (C=O) groups excluding carboxylic acids is 1. The molecule has 0 spiro atoms. The Hall–Kier alpha value is -1.18. The second-order valence-corrected chi connectivity index (χ2v) is 6.46. The van der Waals surface area contributed by atoms with Crippen LogP contribution >= 0.6 is 11.6 Å². The molecule has 2 fully saturated rings. The summed E-state index contributed by atoms with van der Waals surface area (Å²) in [5.74, 6) is -0.0607. The van der Waals surface area contributed by atoms with Gasteiger partial charge in [-0.2, -0.15) is 0 Å². The van der Waals surface area contributed by atoms with Gasteiger partial charge in [0, 0.05) is 37.7 Å². The third kappa shape index (κ3) is 4.68. The Kier molecular flexibility index (Phi) is 6.45. The fourth-order valence-corrected chi connectivity index (χ4v) is 3.20. The molecule has 3 rings (SSSR count). The highest BCUT2D eigenvalue weighted by molar-refractivity contribution is 6.30. The predicted molar refractivity (Wildman–Crippen MR) is 92.2 cm³/mol. The smallest absolute Gasteiger partial charge is 0.250 e. The van der Waals surface area contributed by atoms with Gasteiger partial charge < -0.3 is 20.1 Å². The molecule has 0 bridgehead atoms. The molecular formula is C17H24ClN3O3. The van der Waals surface area contributed by atoms with Crippen LogP contribution < -0.4 is 10.6 Å². The van der Waals surface area contributed by atoms with Crippen LogP contribution in [0.1, 0.15) is 11.6 Å². The van der Waals surface area contributed by atoms with Crippen molar-refractivity contribution in [2.45, 2.75) is 12.1 Å². The van der Waals surface area contributed by atoms with Crippen molar-refractivity contribution in [3.63, 3.8) is 0 Å². The summed E-state index contributed by atoms with van der Waals surface area (Å²) >= 11 is 6.00. The number of carbonyl (C=O) groups is 1. The summed E-state index contributed by atoms with van der Waals surface area (Å²) in [6, 6.07) is 7.92. The Morgan fingerprint density at radius 2 is 2.04 bits per heavy atom. The van der Waals surface area contributed by atoms with E-state index >= 15 is 0 Å². The molecule has 7 heteroatoms. The minimum atomic E-state index is -0.408. The number of hydrogen-bond acceptors (Lipinski definition) is 5. The van der Waals surface area contributed by atoms with Crippen molar-refractivity contribution in [2.24, 2.45) is 0 Å². The van der Waals surface area contributed by atoms with Crippen molar-refractivity contribution in [2.75, 3.05) is 52.5 Å². The third-order valence-electron chi connectivity index (χ3n) is 4.43. The minimum absolute atomic E-state index is 0.0607. The van der Waals surface area contributed by atoms with Gasteiger partial charge in [0.15, 0.2) is 0 Å². The normalized spacial score (nSPS) is 23.6. The standard InChI is InChI=1S/C17H24ClN3O3/c18-14-3-1-13(2-4-14)15(21-6-9-23-10-7-21)11-20-17(22)16-12-19-5-8-24-16/h1-4,15-16,19H,5-12H2,(H,20,22). The topological polar surface area (TPSA) is 62.8 Å². The molecule has 1 amide bonds. The molecule has 2 N–H and O–H groups in total. The molecule has 132 valence electrons. The van der Waals surface area contributed by atoms with Crippen molar-refractivity contribution < 1.29 is 14.3 Å². The summed E-state index contributed by atoms with van der Waals surface area (Å²) in [6.07, 6.45) is -0.408. The van der Waals surface area contributed by atoms with Crippen LogP contribution in [0.25, 0.3) is 0 Å². The summed E-state index contributed by atoms with van der Waals surface area (Å²) in [4.78, 5) is 14.7. The molecule has 2 unspecified atom stereocenters. The van der Waals surface area contributed by atoms with E-state index in [0.717, 1.165) is 25.2 Å². The first kappa shape index (κ1) is 17.6. The molecule has 0 aromatic heterocycles. The number of amides is 1. The van der Waals surface area contributed by atoms with E-state index in [2.05, 4.69) is 15.5 Å². The molecule has 1 aromatic rings. The van der Waals surface area contributed by atoms with Gasteiger partial charge in [0.25, 0.3) is 5.91 Å². The zero-order valence-corrected chi connectivity index (χ0v) is 14.4. The molecule has 24 heavy (non-hydrogen) atoms. The number of halogens is 1. The summed E-state index contributed by atoms with van der Waals surface area (Å²) in [5, 5.41) is 6.93. The molecule has 2 heterocycles. The molecule has 2 aliphatic rings. The molecule has 0 saturated carbocycles. The molecule has 0 radical (unpaired) electrons. The van der Waals surface area contributed by atoms with Gasteiger partial charge in [-0.1, -0.05) is 23.7 Å². The summed E-state index contributed by atoms with van der Waals surface area (Å²) < 4.78 is 11.0. The second-order valence-electron chi connectivity index (χ2n) is 6.02. The molecule has 2 saturated heterocycles. The van der Waals surface area contributed by atoms with E-state index in [9.17, 15) is 4.79 Å². The highest BCUT2D eigenvalue weighted by Crippen LogP contribution is 2.23. The van der Waals surface area contributed by atoms with Crippen LogP contribution in [-0.2, 0) is 14.3 Å². The Balaban J connectivity index is 1.64. The number of hydrogen-bond donors (Lipinski definition) is 2. The first-order valence-corrected chi connectivity index (χ1v) is 8.79. The number of nitrogens with one attached hydrogen (secondary N) is 2. The lowest BCUT2D eigenvalue weighted by molar-refractivity contribution is -0.134. The molecule has 6 nitrogen and oxygen atoms in total. The maximum absolute atomic E-state index is 12.3. The van der Waals surface area contributed by atoms with E-state index in [4.69, 9.17) is 21.1 Å². The van der Waals surface area contributed by atoms with E-state index in [-0.39, 0.29) is 11.9 Å². The van der Waals surface area contributed by atoms with Crippen LogP contribution in [-0.4, -0.2) is 69.5 Å². The predicted octanol–water partition coefficient (Wildman–Crippen LogP) is 0.818. The third-order valence-corrected chi connectivity index (χ3v) is 4.68. The van der Waals surface area contributed by atoms with Gasteiger partial charge >= 0.3 is 0 Å². The van der Waals surface area contributed by atoms with Crippen molar-refractivity contribution >= 4 is 17.5 Å². The van der Waals surface area contributed by atoms with Crippen LogP contribution in [0.2, 0.25) is 5.02 Å². The summed E-state index contributed by atoms with van der Waals surface area (Å²) in [5.41, 5.74) is 1.14. The van der Waals surface area contributed by atoms with Gasteiger partial charge in [-0.25, -0.2) is 0 Å². The molecule has 2 aliphatic heterocycles. The summed E-state index contributed by atoms with van der Waals surface area (Å²) in [7, 11) is 0. The molecule has 1 aromatic carbocycles. The van der Waals surface area contributed by atoms with Crippen molar-refractivity contribution in [1.29, 1.82) is 0 Å². The van der Waals surface area contributed by atoms with Gasteiger partial charge in [0.1, 0.15) is 6.10 Å². The number of nitrogens with zero attached hydrogens (tertiary/aromatic N) is 1. The maximum atomic E-state index is 12.3. The monoisotopic (exact) mass is 353 g/mol. The van der Waals surface area contributed by atoms with Crippen molar-refractivity contribution in [1.82, 2.24) is 15.5 Å². The van der Waals surface area contributed by atoms with E-state index in [1.807, 2.05) is 24.3 Å². The Morgan fingerprint density at radius 1 is 1.29 bits per heavy atom. The number of benzene rings is 1. The quantitative estimate of drug-likeness (QED) is 0.820. The van der Waals surface area contributed by atoms with Crippen LogP contribution in [0.4, 0.5) is 0 Å². The van der Waals surface area contributed by atoms with Gasteiger partial charge in [-0.15, -0.1) is 0 Å². The number of rotatable bonds is 5. The van der Waals surface area contributed by atoms with E-state index in [1.165, 1.54) is 0 Å². The van der Waals surface area contributed by atoms with Gasteiger partial charge in [0.05, 0.1) is 25.9 Å². The van der Waals surface area contributed by atoms with Crippen LogP contribution in [0.3, 0.4) is 0 Å². The fourth-order valence-electron chi connectivity index (χ4n) is 3.08. The largest absolute Gasteiger partial charge is 0.379 e. The molecule has 0 aliphatic carbocycles. The van der Waals surface area contributed by atoms with E-state index < -0.39 is 6.10 Å². The van der Waals surface area contributed by atoms with Crippen LogP contribution in [0, 0.1) is 0 Å². The average Bonchev–Trinajstić information content (AvgIpc) is 2.65. The molecular weight excluding hydrogens is 330 g/mol. The van der Waals surface area contributed by atoms with Gasteiger partial charge in [0.2, 0.25) is 0 Å². The lowest BCUT2D eigenvalue weighted by Gasteiger charge is -2.35. The highest BCUT2D eigenvalue weighted by atomic mass is 35.5. The van der Waals surface area contributed by atoms with Crippen molar-refractivity contribution in [3.05, 3.63) is 34.9 Å². The van der Waals surface area contributed by atoms with E-state index in [0.29, 0.717) is 37.9 Å². The minimum Gasteiger partial charge on any atom is -0.379 e. The lowest BCUT2D eigenvalue weighted by Crippen LogP contribution is -2.50. The van der Waals surface area contributed by atoms with Gasteiger partial charge in [-0.05, 0) is 17.7 Å². The summed E-state index contributed by atoms with van der Waals surface area (Å²) in [6.45, 7) is 5.61. The Bertz CT molecular complexity index is 528. The maximum Gasteiger partial charge on any atom is 0.250 e. The first-order chi connectivity index (χ1) is 11.7. The van der Waals surface area contributed by atoms with Crippen LogP contribution in [0.5, 0.6) is 0 Å². The molecule has 2 atom stereocenters.